The number of likely N-dealkylation sites (tertiary alicyclic amines) is 1. The zero-order chi connectivity index (χ0) is 18.6. The van der Waals surface area contributed by atoms with Gasteiger partial charge in [-0.1, -0.05) is 26.0 Å². The summed E-state index contributed by atoms with van der Waals surface area (Å²) in [5.74, 6) is 0.462. The maximum Gasteiger partial charge on any atom is 0.245 e. The molecule has 1 aromatic carbocycles. The van der Waals surface area contributed by atoms with Crippen molar-refractivity contribution in [3.63, 3.8) is 0 Å². The standard InChI is InChI=1S/C19H29N3O3.ClH/c1-13(23)21-16(11-14-6-5-7-15(10-14)25-4)18(24)22-9-8-17(20)19(2,3)12-22;/h5-7,10,16-17H,8-9,11-12,20H2,1-4H3,(H,21,23);1H. The number of benzene rings is 1. The molecular weight excluding hydrogens is 354 g/mol. The van der Waals surface area contributed by atoms with Gasteiger partial charge in [0.2, 0.25) is 11.8 Å². The molecule has 0 bridgehead atoms. The predicted octanol–water partition coefficient (Wildman–Crippen LogP) is 1.75. The first-order valence-electron chi connectivity index (χ1n) is 8.67. The Labute approximate surface area is 161 Å². The third kappa shape index (κ3) is 5.61. The fourth-order valence-electron chi connectivity index (χ4n) is 3.26. The van der Waals surface area contributed by atoms with E-state index < -0.39 is 6.04 Å². The van der Waals surface area contributed by atoms with E-state index in [1.807, 2.05) is 29.2 Å². The first-order valence-corrected chi connectivity index (χ1v) is 8.67. The zero-order valence-corrected chi connectivity index (χ0v) is 16.8. The molecule has 26 heavy (non-hydrogen) atoms. The van der Waals surface area contributed by atoms with Gasteiger partial charge in [0.05, 0.1) is 7.11 Å². The number of ether oxygens (including phenoxy) is 1. The van der Waals surface area contributed by atoms with Gasteiger partial charge in [-0.3, -0.25) is 9.59 Å². The number of nitrogens with two attached hydrogens (primary N) is 1. The van der Waals surface area contributed by atoms with Crippen LogP contribution < -0.4 is 15.8 Å². The smallest absolute Gasteiger partial charge is 0.245 e. The second kappa shape index (κ2) is 9.24. The Hall–Kier alpha value is -1.79. The molecule has 2 rings (SSSR count). The number of hydrogen-bond acceptors (Lipinski definition) is 4. The Balaban J connectivity index is 0.00000338. The molecule has 0 radical (unpaired) electrons. The number of piperidine rings is 1. The van der Waals surface area contributed by atoms with Crippen LogP contribution >= 0.6 is 12.4 Å². The summed E-state index contributed by atoms with van der Waals surface area (Å²) in [5.41, 5.74) is 6.98. The second-order valence-corrected chi connectivity index (χ2v) is 7.45. The molecule has 2 unspecified atom stereocenters. The van der Waals surface area contributed by atoms with Gasteiger partial charge in [0.25, 0.3) is 0 Å². The molecule has 1 aliphatic rings. The van der Waals surface area contributed by atoms with Gasteiger partial charge < -0.3 is 20.7 Å². The largest absolute Gasteiger partial charge is 0.497 e. The van der Waals surface area contributed by atoms with Gasteiger partial charge in [0.15, 0.2) is 0 Å². The maximum atomic E-state index is 13.0. The summed E-state index contributed by atoms with van der Waals surface area (Å²) < 4.78 is 5.24. The van der Waals surface area contributed by atoms with E-state index in [-0.39, 0.29) is 35.7 Å². The summed E-state index contributed by atoms with van der Waals surface area (Å²) in [5, 5.41) is 2.80. The lowest BCUT2D eigenvalue weighted by atomic mass is 9.79. The Morgan fingerprint density at radius 2 is 2.12 bits per heavy atom. The summed E-state index contributed by atoms with van der Waals surface area (Å²) in [6.07, 6.45) is 1.20. The fraction of sp³-hybridized carbons (Fsp3) is 0.579. The van der Waals surface area contributed by atoms with E-state index in [4.69, 9.17) is 10.5 Å². The average molecular weight is 384 g/mol. The lowest BCUT2D eigenvalue weighted by molar-refractivity contribution is -0.139. The third-order valence-corrected chi connectivity index (χ3v) is 4.87. The second-order valence-electron chi connectivity index (χ2n) is 7.45. The van der Waals surface area contributed by atoms with Crippen LogP contribution in [0.1, 0.15) is 32.8 Å². The number of carbonyl (C=O) groups is 2. The summed E-state index contributed by atoms with van der Waals surface area (Å²) >= 11 is 0. The number of halogens is 1. The highest BCUT2D eigenvalue weighted by Gasteiger charge is 2.37. The van der Waals surface area contributed by atoms with Gasteiger partial charge in [-0.15, -0.1) is 12.4 Å². The number of methoxy groups -OCH3 is 1. The minimum absolute atomic E-state index is 0. The van der Waals surface area contributed by atoms with Crippen LogP contribution in [0.25, 0.3) is 0 Å². The summed E-state index contributed by atoms with van der Waals surface area (Å²) in [6.45, 7) is 6.81. The van der Waals surface area contributed by atoms with Crippen LogP contribution in [0.15, 0.2) is 24.3 Å². The van der Waals surface area contributed by atoms with Crippen molar-refractivity contribution in [2.45, 2.75) is 45.7 Å². The molecule has 7 heteroatoms. The predicted molar refractivity (Wildman–Crippen MR) is 105 cm³/mol. The highest BCUT2D eigenvalue weighted by Crippen LogP contribution is 2.28. The lowest BCUT2D eigenvalue weighted by Crippen LogP contribution is -2.58. The lowest BCUT2D eigenvalue weighted by Gasteiger charge is -2.43. The minimum Gasteiger partial charge on any atom is -0.497 e. The van der Waals surface area contributed by atoms with Crippen LogP contribution in [0.3, 0.4) is 0 Å². The Kier molecular flexibility index (Phi) is 7.90. The van der Waals surface area contributed by atoms with Gasteiger partial charge in [-0.25, -0.2) is 0 Å². The normalized spacial score (nSPS) is 19.9. The van der Waals surface area contributed by atoms with Crippen molar-refractivity contribution < 1.29 is 14.3 Å². The molecular formula is C19H30ClN3O3. The SMILES string of the molecule is COc1cccc(CC(NC(C)=O)C(=O)N2CCC(N)C(C)(C)C2)c1.Cl. The van der Waals surface area contributed by atoms with Gasteiger partial charge in [-0.05, 0) is 29.5 Å². The van der Waals surface area contributed by atoms with E-state index in [0.29, 0.717) is 19.5 Å². The van der Waals surface area contributed by atoms with Crippen LogP contribution in [0.4, 0.5) is 0 Å². The summed E-state index contributed by atoms with van der Waals surface area (Å²) in [6, 6.07) is 7.04. The molecule has 146 valence electrons. The molecule has 1 saturated heterocycles. The van der Waals surface area contributed by atoms with Crippen molar-refractivity contribution in [1.29, 1.82) is 0 Å². The quantitative estimate of drug-likeness (QED) is 0.811. The number of hydrogen-bond donors (Lipinski definition) is 2. The highest BCUT2D eigenvalue weighted by molar-refractivity contribution is 5.87. The molecule has 1 aliphatic heterocycles. The third-order valence-electron chi connectivity index (χ3n) is 4.87. The highest BCUT2D eigenvalue weighted by atomic mass is 35.5. The molecule has 0 aliphatic carbocycles. The number of nitrogens with one attached hydrogen (secondary N) is 1. The van der Waals surface area contributed by atoms with Crippen LogP contribution in [0, 0.1) is 5.41 Å². The minimum atomic E-state index is -0.588. The van der Waals surface area contributed by atoms with E-state index >= 15 is 0 Å². The summed E-state index contributed by atoms with van der Waals surface area (Å²) in [7, 11) is 1.61. The Morgan fingerprint density at radius 3 is 2.69 bits per heavy atom. The molecule has 2 atom stereocenters. The monoisotopic (exact) mass is 383 g/mol. The number of carbonyl (C=O) groups excluding carboxylic acids is 2. The number of rotatable bonds is 5. The number of nitrogens with zero attached hydrogens (tertiary/aromatic N) is 1. The molecule has 2 amide bonds. The van der Waals surface area contributed by atoms with Crippen molar-refractivity contribution in [3.8, 4) is 5.75 Å². The first-order chi connectivity index (χ1) is 11.7. The van der Waals surface area contributed by atoms with Crippen molar-refractivity contribution in [2.75, 3.05) is 20.2 Å². The first kappa shape index (κ1) is 22.3. The van der Waals surface area contributed by atoms with Gasteiger partial charge >= 0.3 is 0 Å². The van der Waals surface area contributed by atoms with E-state index in [2.05, 4.69) is 19.2 Å². The van der Waals surface area contributed by atoms with E-state index in [1.54, 1.807) is 7.11 Å². The van der Waals surface area contributed by atoms with Crippen LogP contribution in [-0.2, 0) is 16.0 Å². The van der Waals surface area contributed by atoms with E-state index in [0.717, 1.165) is 17.7 Å². The van der Waals surface area contributed by atoms with Crippen LogP contribution in [0.5, 0.6) is 5.75 Å². The molecule has 1 fully saturated rings. The van der Waals surface area contributed by atoms with Gasteiger partial charge in [0, 0.05) is 32.5 Å². The zero-order valence-electron chi connectivity index (χ0n) is 16.0. The molecule has 0 spiro atoms. The maximum absolute atomic E-state index is 13.0. The molecule has 1 heterocycles. The van der Waals surface area contributed by atoms with Gasteiger partial charge in [0.1, 0.15) is 11.8 Å². The molecule has 0 saturated carbocycles. The molecule has 3 N–H and O–H groups in total. The summed E-state index contributed by atoms with van der Waals surface area (Å²) in [4.78, 5) is 26.5. The van der Waals surface area contributed by atoms with Crippen LogP contribution in [-0.4, -0.2) is 49.0 Å². The van der Waals surface area contributed by atoms with Crippen LogP contribution in [0.2, 0.25) is 0 Å². The molecule has 1 aromatic rings. The average Bonchev–Trinajstić information content (AvgIpc) is 2.55. The van der Waals surface area contributed by atoms with Gasteiger partial charge in [-0.2, -0.15) is 0 Å². The Bertz CT molecular complexity index is 636. The van der Waals surface area contributed by atoms with Crippen molar-refractivity contribution in [1.82, 2.24) is 10.2 Å². The van der Waals surface area contributed by atoms with Crippen molar-refractivity contribution in [3.05, 3.63) is 29.8 Å². The molecule has 6 nitrogen and oxygen atoms in total. The van der Waals surface area contributed by atoms with E-state index in [1.165, 1.54) is 6.92 Å². The molecule has 0 aromatic heterocycles. The number of amides is 2. The van der Waals surface area contributed by atoms with Crippen molar-refractivity contribution >= 4 is 24.2 Å². The van der Waals surface area contributed by atoms with E-state index in [9.17, 15) is 9.59 Å². The van der Waals surface area contributed by atoms with Crippen molar-refractivity contribution in [2.24, 2.45) is 11.1 Å². The topological polar surface area (TPSA) is 84.7 Å². The Morgan fingerprint density at radius 1 is 1.42 bits per heavy atom. The fourth-order valence-corrected chi connectivity index (χ4v) is 3.26.